The van der Waals surface area contributed by atoms with Crippen molar-refractivity contribution < 1.29 is 0 Å². The first-order valence-corrected chi connectivity index (χ1v) is 9.19. The summed E-state index contributed by atoms with van der Waals surface area (Å²) in [5.74, 6) is 0.610. The Labute approximate surface area is 146 Å². The Morgan fingerprint density at radius 2 is 1.58 bits per heavy atom. The predicted octanol–water partition coefficient (Wildman–Crippen LogP) is 6.63. The van der Waals surface area contributed by atoms with Gasteiger partial charge in [-0.25, -0.2) is 0 Å². The lowest BCUT2D eigenvalue weighted by atomic mass is 9.88. The molecule has 0 fully saturated rings. The summed E-state index contributed by atoms with van der Waals surface area (Å²) in [7, 11) is 0. The van der Waals surface area contributed by atoms with Crippen LogP contribution in [-0.4, -0.2) is 0 Å². The van der Waals surface area contributed by atoms with E-state index >= 15 is 0 Å². The Hall–Kier alpha value is -2.08. The standard InChI is InChI=1S/C24H28/c1-19-12-14-22(18-19)16-17-23-10-6-7-11-24(23)20(2)13-15-21-8-4-3-5-9-21/h3-12,14,20H,13,15-18H2,1-2H3. The summed E-state index contributed by atoms with van der Waals surface area (Å²) >= 11 is 0. The van der Waals surface area contributed by atoms with Crippen molar-refractivity contribution in [1.82, 2.24) is 0 Å². The van der Waals surface area contributed by atoms with E-state index in [0.29, 0.717) is 5.92 Å². The SMILES string of the molecule is CC1=CC=C(CCc2ccccc2C(C)CCc2ccccc2)C1. The fourth-order valence-corrected chi connectivity index (χ4v) is 3.63. The van der Waals surface area contributed by atoms with E-state index < -0.39 is 0 Å². The first-order valence-electron chi connectivity index (χ1n) is 9.19. The molecular formula is C24H28. The summed E-state index contributed by atoms with van der Waals surface area (Å²) in [5, 5.41) is 0. The summed E-state index contributed by atoms with van der Waals surface area (Å²) in [5.41, 5.74) is 7.59. The summed E-state index contributed by atoms with van der Waals surface area (Å²) in [4.78, 5) is 0. The normalized spacial score (nSPS) is 15.1. The van der Waals surface area contributed by atoms with Crippen molar-refractivity contribution in [1.29, 1.82) is 0 Å². The van der Waals surface area contributed by atoms with Gasteiger partial charge >= 0.3 is 0 Å². The van der Waals surface area contributed by atoms with Crippen LogP contribution in [0.4, 0.5) is 0 Å². The Kier molecular flexibility index (Phi) is 5.69. The van der Waals surface area contributed by atoms with Gasteiger partial charge < -0.3 is 0 Å². The minimum Gasteiger partial charge on any atom is -0.0693 e. The first-order chi connectivity index (χ1) is 11.7. The molecule has 0 saturated carbocycles. The van der Waals surface area contributed by atoms with E-state index in [1.165, 1.54) is 47.9 Å². The van der Waals surface area contributed by atoms with Gasteiger partial charge in [0.2, 0.25) is 0 Å². The summed E-state index contributed by atoms with van der Waals surface area (Å²) in [6.07, 6.45) is 10.5. The van der Waals surface area contributed by atoms with E-state index in [9.17, 15) is 0 Å². The number of hydrogen-bond donors (Lipinski definition) is 0. The van der Waals surface area contributed by atoms with E-state index in [4.69, 9.17) is 0 Å². The fraction of sp³-hybridized carbons (Fsp3) is 0.333. The molecule has 0 bridgehead atoms. The van der Waals surface area contributed by atoms with Crippen LogP contribution >= 0.6 is 0 Å². The maximum Gasteiger partial charge on any atom is -0.0105 e. The second kappa shape index (κ2) is 8.15. The van der Waals surface area contributed by atoms with Crippen LogP contribution in [0, 0.1) is 0 Å². The molecule has 1 atom stereocenters. The number of rotatable bonds is 7. The number of aryl methyl sites for hydroxylation is 2. The molecule has 0 saturated heterocycles. The van der Waals surface area contributed by atoms with Gasteiger partial charge in [-0.3, -0.25) is 0 Å². The molecule has 2 aromatic carbocycles. The Morgan fingerprint density at radius 3 is 2.33 bits per heavy atom. The lowest BCUT2D eigenvalue weighted by molar-refractivity contribution is 0.670. The highest BCUT2D eigenvalue weighted by Gasteiger charge is 2.12. The highest BCUT2D eigenvalue weighted by Crippen LogP contribution is 2.28. The molecule has 0 N–H and O–H groups in total. The van der Waals surface area contributed by atoms with Crippen LogP contribution in [0.5, 0.6) is 0 Å². The van der Waals surface area contributed by atoms with Crippen molar-refractivity contribution >= 4 is 0 Å². The molecule has 1 aliphatic rings. The Balaban J connectivity index is 1.60. The van der Waals surface area contributed by atoms with Crippen LogP contribution in [0.15, 0.2) is 77.9 Å². The van der Waals surface area contributed by atoms with E-state index in [1.807, 2.05) is 0 Å². The van der Waals surface area contributed by atoms with Crippen molar-refractivity contribution in [3.63, 3.8) is 0 Å². The van der Waals surface area contributed by atoms with Gasteiger partial charge in [0.25, 0.3) is 0 Å². The zero-order chi connectivity index (χ0) is 16.8. The van der Waals surface area contributed by atoms with E-state index in [2.05, 4.69) is 80.6 Å². The Morgan fingerprint density at radius 1 is 0.833 bits per heavy atom. The molecule has 1 unspecified atom stereocenters. The van der Waals surface area contributed by atoms with Crippen molar-refractivity contribution in [2.45, 2.75) is 51.9 Å². The zero-order valence-corrected chi connectivity index (χ0v) is 15.0. The van der Waals surface area contributed by atoms with Gasteiger partial charge in [-0.2, -0.15) is 0 Å². The van der Waals surface area contributed by atoms with Crippen LogP contribution in [0.2, 0.25) is 0 Å². The van der Waals surface area contributed by atoms with Gasteiger partial charge in [0.05, 0.1) is 0 Å². The lowest BCUT2D eigenvalue weighted by Crippen LogP contribution is -2.02. The number of hydrogen-bond acceptors (Lipinski definition) is 0. The van der Waals surface area contributed by atoms with Crippen LogP contribution < -0.4 is 0 Å². The molecule has 0 spiro atoms. The highest BCUT2D eigenvalue weighted by atomic mass is 14.2. The molecule has 1 aliphatic carbocycles. The molecule has 0 heterocycles. The average molecular weight is 316 g/mol. The molecular weight excluding hydrogens is 288 g/mol. The topological polar surface area (TPSA) is 0 Å². The van der Waals surface area contributed by atoms with Gasteiger partial charge in [-0.1, -0.05) is 84.8 Å². The molecule has 0 nitrogen and oxygen atoms in total. The van der Waals surface area contributed by atoms with E-state index in [0.717, 1.165) is 6.42 Å². The second-order valence-corrected chi connectivity index (χ2v) is 7.14. The third-order valence-electron chi connectivity index (χ3n) is 5.12. The van der Waals surface area contributed by atoms with Crippen LogP contribution in [-0.2, 0) is 12.8 Å². The molecule has 0 amide bonds. The molecule has 0 aromatic heterocycles. The van der Waals surface area contributed by atoms with Gasteiger partial charge in [0.1, 0.15) is 0 Å². The summed E-state index contributed by atoms with van der Waals surface area (Å²) < 4.78 is 0. The predicted molar refractivity (Wildman–Crippen MR) is 104 cm³/mol. The number of allylic oxidation sites excluding steroid dienone is 4. The van der Waals surface area contributed by atoms with Crippen LogP contribution in [0.1, 0.15) is 55.7 Å². The lowest BCUT2D eigenvalue weighted by Gasteiger charge is -2.17. The monoisotopic (exact) mass is 316 g/mol. The van der Waals surface area contributed by atoms with Gasteiger partial charge in [-0.15, -0.1) is 0 Å². The quantitative estimate of drug-likeness (QED) is 0.537. The van der Waals surface area contributed by atoms with E-state index in [1.54, 1.807) is 5.57 Å². The van der Waals surface area contributed by atoms with Crippen molar-refractivity contribution in [3.05, 3.63) is 94.6 Å². The first kappa shape index (κ1) is 16.8. The highest BCUT2D eigenvalue weighted by molar-refractivity contribution is 5.33. The van der Waals surface area contributed by atoms with Crippen molar-refractivity contribution in [3.8, 4) is 0 Å². The summed E-state index contributed by atoms with van der Waals surface area (Å²) in [6, 6.07) is 19.9. The van der Waals surface area contributed by atoms with Crippen molar-refractivity contribution in [2.75, 3.05) is 0 Å². The van der Waals surface area contributed by atoms with Gasteiger partial charge in [0, 0.05) is 0 Å². The largest absolute Gasteiger partial charge is 0.0693 e. The van der Waals surface area contributed by atoms with E-state index in [-0.39, 0.29) is 0 Å². The molecule has 0 radical (unpaired) electrons. The second-order valence-electron chi connectivity index (χ2n) is 7.14. The molecule has 0 aliphatic heterocycles. The minimum atomic E-state index is 0.610. The van der Waals surface area contributed by atoms with Crippen LogP contribution in [0.25, 0.3) is 0 Å². The smallest absolute Gasteiger partial charge is 0.0105 e. The van der Waals surface area contributed by atoms with Gasteiger partial charge in [-0.05, 0) is 61.6 Å². The zero-order valence-electron chi connectivity index (χ0n) is 15.0. The number of benzene rings is 2. The third kappa shape index (κ3) is 4.47. The molecule has 0 heteroatoms. The third-order valence-corrected chi connectivity index (χ3v) is 5.12. The van der Waals surface area contributed by atoms with Crippen molar-refractivity contribution in [2.24, 2.45) is 0 Å². The Bertz CT molecular complexity index is 719. The maximum absolute atomic E-state index is 2.38. The van der Waals surface area contributed by atoms with Gasteiger partial charge in [0.15, 0.2) is 0 Å². The molecule has 124 valence electrons. The van der Waals surface area contributed by atoms with Crippen LogP contribution in [0.3, 0.4) is 0 Å². The minimum absolute atomic E-state index is 0.610. The molecule has 24 heavy (non-hydrogen) atoms. The summed E-state index contributed by atoms with van der Waals surface area (Å²) in [6.45, 7) is 4.60. The average Bonchev–Trinajstić information content (AvgIpc) is 3.04. The molecule has 3 rings (SSSR count). The maximum atomic E-state index is 2.38. The molecule has 2 aromatic rings. The fourth-order valence-electron chi connectivity index (χ4n) is 3.63.